The van der Waals surface area contributed by atoms with Crippen LogP contribution in [0.2, 0.25) is 0 Å². The minimum atomic E-state index is 0.717. The third-order valence-electron chi connectivity index (χ3n) is 5.39. The number of nitrogens with zero attached hydrogens (tertiary/aromatic N) is 3. The summed E-state index contributed by atoms with van der Waals surface area (Å²) in [6.45, 7) is 13.6. The summed E-state index contributed by atoms with van der Waals surface area (Å²) < 4.78 is 0. The van der Waals surface area contributed by atoms with Crippen LogP contribution in [0, 0.1) is 11.8 Å². The molecule has 2 heterocycles. The highest BCUT2D eigenvalue weighted by molar-refractivity contribution is 5.79. The van der Waals surface area contributed by atoms with Crippen molar-refractivity contribution in [3.63, 3.8) is 0 Å². The first-order valence-electron chi connectivity index (χ1n) is 10.1. The molecule has 5 heteroatoms. The fourth-order valence-electron chi connectivity index (χ4n) is 3.78. The number of rotatable bonds is 7. The Kier molecular flexibility index (Phi) is 8.89. The summed E-state index contributed by atoms with van der Waals surface area (Å²) in [7, 11) is 2.22. The molecule has 0 aromatic carbocycles. The summed E-state index contributed by atoms with van der Waals surface area (Å²) in [6, 6.07) is 0. The summed E-state index contributed by atoms with van der Waals surface area (Å²) >= 11 is 0. The summed E-state index contributed by atoms with van der Waals surface area (Å²) in [5.41, 5.74) is 0. The molecule has 2 aliphatic rings. The standard InChI is InChI=1S/C19H39N5/c1-4-20-19(22-15-18-7-5-11-23(3)16-18)21-10-6-12-24-13-8-17(2)9-14-24/h17-18H,4-16H2,1-3H3,(H2,20,21,22). The van der Waals surface area contributed by atoms with Crippen molar-refractivity contribution in [2.75, 3.05) is 59.4 Å². The molecular formula is C19H39N5. The zero-order chi connectivity index (χ0) is 17.2. The molecule has 0 aromatic heterocycles. The van der Waals surface area contributed by atoms with E-state index in [4.69, 9.17) is 4.99 Å². The van der Waals surface area contributed by atoms with Gasteiger partial charge < -0.3 is 20.4 Å². The Morgan fingerprint density at radius 3 is 2.62 bits per heavy atom. The largest absolute Gasteiger partial charge is 0.357 e. The molecule has 0 aliphatic carbocycles. The van der Waals surface area contributed by atoms with Gasteiger partial charge in [-0.2, -0.15) is 0 Å². The molecule has 1 atom stereocenters. The molecule has 5 nitrogen and oxygen atoms in total. The van der Waals surface area contributed by atoms with Crippen LogP contribution >= 0.6 is 0 Å². The van der Waals surface area contributed by atoms with E-state index in [1.165, 1.54) is 64.8 Å². The molecule has 0 bridgehead atoms. The first-order chi connectivity index (χ1) is 11.7. The van der Waals surface area contributed by atoms with Gasteiger partial charge in [-0.15, -0.1) is 0 Å². The van der Waals surface area contributed by atoms with Crippen molar-refractivity contribution in [2.45, 2.75) is 46.0 Å². The topological polar surface area (TPSA) is 42.9 Å². The highest BCUT2D eigenvalue weighted by atomic mass is 15.2. The van der Waals surface area contributed by atoms with Crippen LogP contribution in [0.15, 0.2) is 4.99 Å². The average molecular weight is 338 g/mol. The zero-order valence-corrected chi connectivity index (χ0v) is 16.2. The smallest absolute Gasteiger partial charge is 0.191 e. The first kappa shape index (κ1) is 19.5. The van der Waals surface area contributed by atoms with Gasteiger partial charge in [0.05, 0.1) is 0 Å². The second kappa shape index (κ2) is 10.9. The number of nitrogens with one attached hydrogen (secondary N) is 2. The van der Waals surface area contributed by atoms with E-state index < -0.39 is 0 Å². The van der Waals surface area contributed by atoms with Crippen molar-refractivity contribution in [1.29, 1.82) is 0 Å². The second-order valence-corrected chi connectivity index (χ2v) is 7.79. The molecule has 0 aromatic rings. The fraction of sp³-hybridized carbons (Fsp3) is 0.947. The summed E-state index contributed by atoms with van der Waals surface area (Å²) in [4.78, 5) is 9.87. The molecule has 2 aliphatic heterocycles. The van der Waals surface area contributed by atoms with E-state index >= 15 is 0 Å². The number of hydrogen-bond donors (Lipinski definition) is 2. The van der Waals surface area contributed by atoms with Crippen LogP contribution in [-0.2, 0) is 0 Å². The normalized spacial score (nSPS) is 25.0. The molecule has 1 unspecified atom stereocenters. The van der Waals surface area contributed by atoms with Gasteiger partial charge in [0.25, 0.3) is 0 Å². The molecular weight excluding hydrogens is 298 g/mol. The maximum absolute atomic E-state index is 4.82. The van der Waals surface area contributed by atoms with Crippen LogP contribution in [0.25, 0.3) is 0 Å². The quantitative estimate of drug-likeness (QED) is 0.424. The maximum atomic E-state index is 4.82. The molecule has 2 saturated heterocycles. The Morgan fingerprint density at radius 2 is 1.92 bits per heavy atom. The van der Waals surface area contributed by atoms with Crippen LogP contribution < -0.4 is 10.6 Å². The Balaban J connectivity index is 1.63. The average Bonchev–Trinajstić information content (AvgIpc) is 2.58. The van der Waals surface area contributed by atoms with Gasteiger partial charge in [-0.25, -0.2) is 0 Å². The van der Waals surface area contributed by atoms with Crippen LogP contribution in [0.4, 0.5) is 0 Å². The number of hydrogen-bond acceptors (Lipinski definition) is 3. The summed E-state index contributed by atoms with van der Waals surface area (Å²) in [6.07, 6.45) is 6.57. The third kappa shape index (κ3) is 7.39. The minimum Gasteiger partial charge on any atom is -0.357 e. The van der Waals surface area contributed by atoms with Gasteiger partial charge in [0, 0.05) is 26.2 Å². The molecule has 140 valence electrons. The predicted molar refractivity (Wildman–Crippen MR) is 104 cm³/mol. The molecule has 2 rings (SSSR count). The number of piperidine rings is 2. The van der Waals surface area contributed by atoms with Gasteiger partial charge in [-0.3, -0.25) is 4.99 Å². The Hall–Kier alpha value is -0.810. The Morgan fingerprint density at radius 1 is 1.12 bits per heavy atom. The monoisotopic (exact) mass is 337 g/mol. The second-order valence-electron chi connectivity index (χ2n) is 7.79. The van der Waals surface area contributed by atoms with Crippen molar-refractivity contribution < 1.29 is 0 Å². The van der Waals surface area contributed by atoms with Crippen molar-refractivity contribution in [2.24, 2.45) is 16.8 Å². The van der Waals surface area contributed by atoms with Crippen LogP contribution in [0.5, 0.6) is 0 Å². The molecule has 2 fully saturated rings. The highest BCUT2D eigenvalue weighted by Crippen LogP contribution is 2.16. The Bertz CT molecular complexity index is 363. The number of guanidine groups is 1. The minimum absolute atomic E-state index is 0.717. The number of likely N-dealkylation sites (tertiary alicyclic amines) is 2. The van der Waals surface area contributed by atoms with Crippen LogP contribution in [0.3, 0.4) is 0 Å². The summed E-state index contributed by atoms with van der Waals surface area (Å²) in [5.74, 6) is 2.64. The SMILES string of the molecule is CCNC(=NCC1CCCN(C)C1)NCCCN1CCC(C)CC1. The Labute approximate surface area is 149 Å². The molecule has 2 N–H and O–H groups in total. The lowest BCUT2D eigenvalue weighted by Gasteiger charge is -2.30. The summed E-state index contributed by atoms with van der Waals surface area (Å²) in [5, 5.41) is 6.91. The van der Waals surface area contributed by atoms with E-state index in [-0.39, 0.29) is 0 Å². The molecule has 0 radical (unpaired) electrons. The number of aliphatic imine (C=N–C) groups is 1. The van der Waals surface area contributed by atoms with Gasteiger partial charge in [0.15, 0.2) is 5.96 Å². The van der Waals surface area contributed by atoms with E-state index in [0.29, 0.717) is 0 Å². The van der Waals surface area contributed by atoms with Crippen molar-refractivity contribution in [3.05, 3.63) is 0 Å². The molecule has 24 heavy (non-hydrogen) atoms. The predicted octanol–water partition coefficient (Wildman–Crippen LogP) is 2.01. The lowest BCUT2D eigenvalue weighted by Crippen LogP contribution is -2.40. The fourth-order valence-corrected chi connectivity index (χ4v) is 3.78. The lowest BCUT2D eigenvalue weighted by atomic mass is 9.99. The lowest BCUT2D eigenvalue weighted by molar-refractivity contribution is 0.191. The zero-order valence-electron chi connectivity index (χ0n) is 16.2. The molecule has 0 amide bonds. The van der Waals surface area contributed by atoms with Crippen molar-refractivity contribution >= 4 is 5.96 Å². The van der Waals surface area contributed by atoms with Crippen molar-refractivity contribution in [3.8, 4) is 0 Å². The van der Waals surface area contributed by atoms with E-state index in [2.05, 4.69) is 41.3 Å². The first-order valence-corrected chi connectivity index (χ1v) is 10.1. The van der Waals surface area contributed by atoms with Crippen LogP contribution in [0.1, 0.15) is 46.0 Å². The van der Waals surface area contributed by atoms with E-state index in [1.807, 2.05) is 0 Å². The van der Waals surface area contributed by atoms with E-state index in [0.717, 1.165) is 37.4 Å². The highest BCUT2D eigenvalue weighted by Gasteiger charge is 2.17. The van der Waals surface area contributed by atoms with Gasteiger partial charge in [-0.1, -0.05) is 6.92 Å². The van der Waals surface area contributed by atoms with E-state index in [9.17, 15) is 0 Å². The van der Waals surface area contributed by atoms with Crippen LogP contribution in [-0.4, -0.2) is 75.2 Å². The van der Waals surface area contributed by atoms with Gasteiger partial charge in [0.2, 0.25) is 0 Å². The van der Waals surface area contributed by atoms with Gasteiger partial charge >= 0.3 is 0 Å². The van der Waals surface area contributed by atoms with Gasteiger partial charge in [0.1, 0.15) is 0 Å². The third-order valence-corrected chi connectivity index (χ3v) is 5.39. The maximum Gasteiger partial charge on any atom is 0.191 e. The van der Waals surface area contributed by atoms with Crippen molar-refractivity contribution in [1.82, 2.24) is 20.4 Å². The van der Waals surface area contributed by atoms with E-state index in [1.54, 1.807) is 0 Å². The molecule has 0 spiro atoms. The molecule has 0 saturated carbocycles. The van der Waals surface area contributed by atoms with Gasteiger partial charge in [-0.05, 0) is 84.1 Å².